The average Bonchev–Trinajstić information content (AvgIpc) is 3.23. The van der Waals surface area contributed by atoms with Gasteiger partial charge in [0.25, 0.3) is 0 Å². The van der Waals surface area contributed by atoms with Crippen molar-refractivity contribution in [1.29, 1.82) is 0 Å². The number of likely N-dealkylation sites (tertiary alicyclic amines) is 1. The molecule has 164 valence electrons. The molecule has 0 aromatic heterocycles. The van der Waals surface area contributed by atoms with Crippen molar-refractivity contribution < 1.29 is 19.1 Å². The first-order chi connectivity index (χ1) is 15.0. The highest BCUT2D eigenvalue weighted by atomic mass is 35.5. The molecule has 0 bridgehead atoms. The summed E-state index contributed by atoms with van der Waals surface area (Å²) in [6.07, 6.45) is 1.43. The maximum Gasteiger partial charge on any atom is 0.238 e. The van der Waals surface area contributed by atoms with E-state index in [9.17, 15) is 9.59 Å². The van der Waals surface area contributed by atoms with Crippen LogP contribution in [-0.2, 0) is 16.1 Å². The van der Waals surface area contributed by atoms with Crippen LogP contribution in [0.5, 0.6) is 11.5 Å². The number of anilines is 1. The molecule has 2 aromatic carbocycles. The molecule has 2 N–H and O–H groups in total. The van der Waals surface area contributed by atoms with Gasteiger partial charge in [0.05, 0.1) is 16.6 Å². The number of fused-ring (bicyclic) bond motifs is 1. The first-order valence-electron chi connectivity index (χ1n) is 10.1. The van der Waals surface area contributed by atoms with E-state index >= 15 is 0 Å². The molecule has 2 amide bonds. The van der Waals surface area contributed by atoms with Crippen molar-refractivity contribution in [2.24, 2.45) is 5.92 Å². The molecule has 0 radical (unpaired) electrons. The standard InChI is InChI=1S/C22H23Cl2N3O4/c23-17-3-2-16(10-18(17)24)26-21(28)12-27-7-5-15(6-8-27)22(29)25-11-14-1-4-19-20(9-14)31-13-30-19/h1-4,9-10,15H,5-8,11-13H2,(H,25,29)(H,26,28). The predicted octanol–water partition coefficient (Wildman–Crippen LogP) is 3.69. The maximum atomic E-state index is 12.5. The molecule has 0 aliphatic carbocycles. The summed E-state index contributed by atoms with van der Waals surface area (Å²) in [4.78, 5) is 26.9. The number of nitrogens with one attached hydrogen (secondary N) is 2. The fourth-order valence-corrected chi connectivity index (χ4v) is 4.01. The molecular formula is C22H23Cl2N3O4. The van der Waals surface area contributed by atoms with Crippen LogP contribution in [0, 0.1) is 5.92 Å². The first kappa shape index (κ1) is 21.7. The van der Waals surface area contributed by atoms with Gasteiger partial charge in [-0.15, -0.1) is 0 Å². The molecule has 1 saturated heterocycles. The minimum atomic E-state index is -0.121. The summed E-state index contributed by atoms with van der Waals surface area (Å²) in [5, 5.41) is 6.67. The second-order valence-electron chi connectivity index (χ2n) is 7.63. The number of carbonyl (C=O) groups is 2. The summed E-state index contributed by atoms with van der Waals surface area (Å²) >= 11 is 11.9. The van der Waals surface area contributed by atoms with Gasteiger partial charge < -0.3 is 20.1 Å². The second-order valence-corrected chi connectivity index (χ2v) is 8.45. The Morgan fingerprint density at radius 3 is 2.55 bits per heavy atom. The minimum absolute atomic E-state index is 0.0394. The van der Waals surface area contributed by atoms with Crippen molar-refractivity contribution in [2.45, 2.75) is 19.4 Å². The molecule has 9 heteroatoms. The Labute approximate surface area is 190 Å². The van der Waals surface area contributed by atoms with Crippen molar-refractivity contribution in [1.82, 2.24) is 10.2 Å². The number of amides is 2. The lowest BCUT2D eigenvalue weighted by Gasteiger charge is -2.30. The summed E-state index contributed by atoms with van der Waals surface area (Å²) in [7, 11) is 0. The molecule has 0 saturated carbocycles. The molecule has 2 aromatic rings. The number of nitrogens with zero attached hydrogens (tertiary/aromatic N) is 1. The van der Waals surface area contributed by atoms with E-state index in [1.807, 2.05) is 18.2 Å². The van der Waals surface area contributed by atoms with E-state index in [1.165, 1.54) is 0 Å². The summed E-state index contributed by atoms with van der Waals surface area (Å²) in [5.41, 5.74) is 1.58. The lowest BCUT2D eigenvalue weighted by Crippen LogP contribution is -2.43. The van der Waals surface area contributed by atoms with Gasteiger partial charge in [-0.25, -0.2) is 0 Å². The number of hydrogen-bond acceptors (Lipinski definition) is 5. The fourth-order valence-electron chi connectivity index (χ4n) is 3.72. The molecule has 7 nitrogen and oxygen atoms in total. The van der Waals surface area contributed by atoms with Crippen LogP contribution in [0.3, 0.4) is 0 Å². The van der Waals surface area contributed by atoms with Crippen LogP contribution in [0.25, 0.3) is 0 Å². The smallest absolute Gasteiger partial charge is 0.238 e. The Morgan fingerprint density at radius 1 is 1.00 bits per heavy atom. The van der Waals surface area contributed by atoms with Crippen LogP contribution in [0.2, 0.25) is 10.0 Å². The second kappa shape index (κ2) is 9.77. The molecule has 0 spiro atoms. The average molecular weight is 464 g/mol. The van der Waals surface area contributed by atoms with E-state index in [0.29, 0.717) is 54.0 Å². The van der Waals surface area contributed by atoms with Gasteiger partial charge in [0.15, 0.2) is 11.5 Å². The van der Waals surface area contributed by atoms with E-state index in [4.69, 9.17) is 32.7 Å². The highest BCUT2D eigenvalue weighted by molar-refractivity contribution is 6.42. The molecule has 2 aliphatic rings. The lowest BCUT2D eigenvalue weighted by molar-refractivity contribution is -0.126. The van der Waals surface area contributed by atoms with Crippen LogP contribution in [-0.4, -0.2) is 43.1 Å². The molecule has 31 heavy (non-hydrogen) atoms. The summed E-state index contributed by atoms with van der Waals surface area (Å²) in [5.74, 6) is 1.30. The van der Waals surface area contributed by atoms with Crippen molar-refractivity contribution in [3.05, 3.63) is 52.0 Å². The lowest BCUT2D eigenvalue weighted by atomic mass is 9.96. The predicted molar refractivity (Wildman–Crippen MR) is 119 cm³/mol. The number of piperidine rings is 1. The monoisotopic (exact) mass is 463 g/mol. The molecule has 1 fully saturated rings. The Kier molecular flexibility index (Phi) is 6.85. The first-order valence-corrected chi connectivity index (χ1v) is 10.9. The Bertz CT molecular complexity index is 977. The van der Waals surface area contributed by atoms with Gasteiger partial charge in [-0.05, 0) is 61.8 Å². The van der Waals surface area contributed by atoms with Crippen LogP contribution >= 0.6 is 23.2 Å². The maximum absolute atomic E-state index is 12.5. The van der Waals surface area contributed by atoms with Gasteiger partial charge in [-0.3, -0.25) is 14.5 Å². The quantitative estimate of drug-likeness (QED) is 0.682. The van der Waals surface area contributed by atoms with Crippen molar-refractivity contribution in [3.63, 3.8) is 0 Å². The van der Waals surface area contributed by atoms with Gasteiger partial charge in [-0.2, -0.15) is 0 Å². The van der Waals surface area contributed by atoms with Gasteiger partial charge >= 0.3 is 0 Å². The Hall–Kier alpha value is -2.48. The summed E-state index contributed by atoms with van der Waals surface area (Å²) in [6.45, 7) is 2.33. The summed E-state index contributed by atoms with van der Waals surface area (Å²) in [6, 6.07) is 10.6. The summed E-state index contributed by atoms with van der Waals surface area (Å²) < 4.78 is 10.7. The molecule has 0 atom stereocenters. The third-order valence-corrected chi connectivity index (χ3v) is 6.17. The normalized spacial score (nSPS) is 16.2. The fraction of sp³-hybridized carbons (Fsp3) is 0.364. The highest BCUT2D eigenvalue weighted by Crippen LogP contribution is 2.32. The third kappa shape index (κ3) is 5.61. The molecule has 4 rings (SSSR count). The molecule has 2 aliphatic heterocycles. The van der Waals surface area contributed by atoms with Crippen LogP contribution in [0.4, 0.5) is 5.69 Å². The third-order valence-electron chi connectivity index (χ3n) is 5.43. The van der Waals surface area contributed by atoms with Crippen LogP contribution < -0.4 is 20.1 Å². The van der Waals surface area contributed by atoms with Crippen molar-refractivity contribution in [2.75, 3.05) is 31.7 Å². The number of carbonyl (C=O) groups excluding carboxylic acids is 2. The zero-order chi connectivity index (χ0) is 21.8. The zero-order valence-corrected chi connectivity index (χ0v) is 18.3. The van der Waals surface area contributed by atoms with E-state index in [1.54, 1.807) is 18.2 Å². The number of halogens is 2. The van der Waals surface area contributed by atoms with Crippen LogP contribution in [0.15, 0.2) is 36.4 Å². The molecule has 2 heterocycles. The number of rotatable bonds is 6. The molecular weight excluding hydrogens is 441 g/mol. The highest BCUT2D eigenvalue weighted by Gasteiger charge is 2.26. The molecule has 0 unspecified atom stereocenters. The van der Waals surface area contributed by atoms with Gasteiger partial charge in [-0.1, -0.05) is 29.3 Å². The number of hydrogen-bond donors (Lipinski definition) is 2. The van der Waals surface area contributed by atoms with E-state index in [2.05, 4.69) is 15.5 Å². The Morgan fingerprint density at radius 2 is 1.77 bits per heavy atom. The van der Waals surface area contributed by atoms with E-state index in [0.717, 1.165) is 11.3 Å². The Balaban J connectivity index is 1.19. The van der Waals surface area contributed by atoms with Gasteiger partial charge in [0.1, 0.15) is 0 Å². The largest absolute Gasteiger partial charge is 0.454 e. The van der Waals surface area contributed by atoms with Crippen LogP contribution in [0.1, 0.15) is 18.4 Å². The van der Waals surface area contributed by atoms with E-state index in [-0.39, 0.29) is 31.1 Å². The zero-order valence-electron chi connectivity index (χ0n) is 16.8. The topological polar surface area (TPSA) is 79.9 Å². The number of ether oxygens (including phenoxy) is 2. The van der Waals surface area contributed by atoms with Crippen molar-refractivity contribution >= 4 is 40.7 Å². The minimum Gasteiger partial charge on any atom is -0.454 e. The SMILES string of the molecule is O=C(CN1CCC(C(=O)NCc2ccc3c(c2)OCO3)CC1)Nc1ccc(Cl)c(Cl)c1. The van der Waals surface area contributed by atoms with Crippen molar-refractivity contribution in [3.8, 4) is 11.5 Å². The number of benzene rings is 2. The van der Waals surface area contributed by atoms with Gasteiger partial charge in [0, 0.05) is 18.2 Å². The van der Waals surface area contributed by atoms with Gasteiger partial charge in [0.2, 0.25) is 18.6 Å². The van der Waals surface area contributed by atoms with E-state index < -0.39 is 0 Å².